The molecule has 0 saturated carbocycles. The molecule has 0 aromatic heterocycles. The van der Waals surface area contributed by atoms with Gasteiger partial charge in [-0.1, -0.05) is 6.92 Å². The molecule has 0 aromatic carbocycles. The van der Waals surface area contributed by atoms with E-state index < -0.39 is 11.9 Å². The Morgan fingerprint density at radius 3 is 2.71 bits per heavy atom. The van der Waals surface area contributed by atoms with E-state index in [9.17, 15) is 9.59 Å². The normalized spacial score (nSPS) is 23.1. The van der Waals surface area contributed by atoms with Crippen molar-refractivity contribution in [3.8, 4) is 0 Å². The smallest absolute Gasteiger partial charge is 0.316 e. The minimum absolute atomic E-state index is 0.0307. The lowest BCUT2D eigenvalue weighted by atomic mass is 9.90. The SMILES string of the molecule is CCC(C(=O)OC)C(=O)C1CCOC1. The van der Waals surface area contributed by atoms with Gasteiger partial charge in [-0.2, -0.15) is 0 Å². The monoisotopic (exact) mass is 200 g/mol. The van der Waals surface area contributed by atoms with Gasteiger partial charge >= 0.3 is 5.97 Å². The molecule has 0 bridgehead atoms. The number of hydrogen-bond acceptors (Lipinski definition) is 4. The molecule has 80 valence electrons. The average molecular weight is 200 g/mol. The summed E-state index contributed by atoms with van der Waals surface area (Å²) < 4.78 is 9.70. The first-order valence-corrected chi connectivity index (χ1v) is 4.90. The fourth-order valence-corrected chi connectivity index (χ4v) is 1.67. The minimum Gasteiger partial charge on any atom is -0.468 e. The second-order valence-electron chi connectivity index (χ2n) is 3.45. The summed E-state index contributed by atoms with van der Waals surface area (Å²) in [6.07, 6.45) is 1.23. The number of Topliss-reactive ketones (excluding diaryl/α,β-unsaturated/α-hetero) is 1. The van der Waals surface area contributed by atoms with Gasteiger partial charge in [-0.25, -0.2) is 0 Å². The minimum atomic E-state index is -0.605. The van der Waals surface area contributed by atoms with Crippen LogP contribution >= 0.6 is 0 Å². The highest BCUT2D eigenvalue weighted by atomic mass is 16.5. The number of methoxy groups -OCH3 is 1. The molecule has 1 aliphatic heterocycles. The zero-order chi connectivity index (χ0) is 10.6. The highest BCUT2D eigenvalue weighted by molar-refractivity contribution is 6.00. The van der Waals surface area contributed by atoms with E-state index in [2.05, 4.69) is 4.74 Å². The molecule has 4 heteroatoms. The third-order valence-electron chi connectivity index (χ3n) is 2.57. The average Bonchev–Trinajstić information content (AvgIpc) is 2.71. The van der Waals surface area contributed by atoms with Gasteiger partial charge in [-0.15, -0.1) is 0 Å². The summed E-state index contributed by atoms with van der Waals surface area (Å²) in [6, 6.07) is 0. The summed E-state index contributed by atoms with van der Waals surface area (Å²) in [4.78, 5) is 23.1. The quantitative estimate of drug-likeness (QED) is 0.497. The van der Waals surface area contributed by atoms with E-state index in [1.807, 2.05) is 6.92 Å². The molecular formula is C10H16O4. The summed E-state index contributed by atoms with van der Waals surface area (Å²) in [5.74, 6) is -1.17. The molecule has 1 heterocycles. The van der Waals surface area contributed by atoms with Crippen molar-refractivity contribution in [3.05, 3.63) is 0 Å². The van der Waals surface area contributed by atoms with Gasteiger partial charge in [0.2, 0.25) is 0 Å². The molecule has 0 radical (unpaired) electrons. The van der Waals surface area contributed by atoms with Crippen LogP contribution < -0.4 is 0 Å². The topological polar surface area (TPSA) is 52.6 Å². The van der Waals surface area contributed by atoms with E-state index in [0.29, 0.717) is 19.6 Å². The van der Waals surface area contributed by atoms with Crippen molar-refractivity contribution in [3.63, 3.8) is 0 Å². The van der Waals surface area contributed by atoms with Crippen LogP contribution in [0.4, 0.5) is 0 Å². The van der Waals surface area contributed by atoms with Gasteiger partial charge in [-0.3, -0.25) is 9.59 Å². The Kier molecular flexibility index (Phi) is 4.07. The Hall–Kier alpha value is -0.900. The number of ketones is 1. The van der Waals surface area contributed by atoms with Crippen LogP contribution in [-0.4, -0.2) is 32.1 Å². The molecule has 1 saturated heterocycles. The number of rotatable bonds is 4. The van der Waals surface area contributed by atoms with Crippen molar-refractivity contribution in [1.82, 2.24) is 0 Å². The van der Waals surface area contributed by atoms with Gasteiger partial charge in [0, 0.05) is 12.5 Å². The van der Waals surface area contributed by atoms with Gasteiger partial charge < -0.3 is 9.47 Å². The number of ether oxygens (including phenoxy) is 2. The largest absolute Gasteiger partial charge is 0.468 e. The molecule has 0 N–H and O–H groups in total. The van der Waals surface area contributed by atoms with Gasteiger partial charge in [0.05, 0.1) is 13.7 Å². The standard InChI is InChI=1S/C10H16O4/c1-3-8(10(12)13-2)9(11)7-4-5-14-6-7/h7-8H,3-6H2,1-2H3. The van der Waals surface area contributed by atoms with E-state index >= 15 is 0 Å². The number of esters is 1. The van der Waals surface area contributed by atoms with Crippen molar-refractivity contribution in [2.45, 2.75) is 19.8 Å². The molecule has 1 aliphatic rings. The fourth-order valence-electron chi connectivity index (χ4n) is 1.67. The van der Waals surface area contributed by atoms with Crippen LogP contribution in [-0.2, 0) is 19.1 Å². The Labute approximate surface area is 83.6 Å². The highest BCUT2D eigenvalue weighted by Gasteiger charge is 2.33. The van der Waals surface area contributed by atoms with Crippen LogP contribution in [0, 0.1) is 11.8 Å². The van der Waals surface area contributed by atoms with Gasteiger partial charge in [-0.05, 0) is 12.8 Å². The first-order chi connectivity index (χ1) is 6.70. The van der Waals surface area contributed by atoms with Crippen LogP contribution in [0.5, 0.6) is 0 Å². The molecule has 0 spiro atoms. The zero-order valence-electron chi connectivity index (χ0n) is 8.62. The number of hydrogen-bond donors (Lipinski definition) is 0. The summed E-state index contributed by atoms with van der Waals surface area (Å²) in [6.45, 7) is 2.88. The third-order valence-corrected chi connectivity index (χ3v) is 2.57. The predicted octanol–water partition coefficient (Wildman–Crippen LogP) is 0.791. The molecule has 14 heavy (non-hydrogen) atoms. The van der Waals surface area contributed by atoms with Crippen molar-refractivity contribution in [2.24, 2.45) is 11.8 Å². The lowest BCUT2D eigenvalue weighted by molar-refractivity contribution is -0.150. The Balaban J connectivity index is 2.59. The maximum Gasteiger partial charge on any atom is 0.316 e. The van der Waals surface area contributed by atoms with E-state index in [1.54, 1.807) is 0 Å². The first-order valence-electron chi connectivity index (χ1n) is 4.90. The van der Waals surface area contributed by atoms with Gasteiger partial charge in [0.15, 0.2) is 5.78 Å². The number of carbonyl (C=O) groups excluding carboxylic acids is 2. The molecule has 0 aliphatic carbocycles. The molecule has 0 amide bonds. The second kappa shape index (κ2) is 5.10. The number of carbonyl (C=O) groups is 2. The molecular weight excluding hydrogens is 184 g/mol. The van der Waals surface area contributed by atoms with E-state index in [1.165, 1.54) is 7.11 Å². The predicted molar refractivity (Wildman–Crippen MR) is 49.7 cm³/mol. The highest BCUT2D eigenvalue weighted by Crippen LogP contribution is 2.20. The summed E-state index contributed by atoms with van der Waals surface area (Å²) >= 11 is 0. The van der Waals surface area contributed by atoms with Crippen molar-refractivity contribution in [1.29, 1.82) is 0 Å². The van der Waals surface area contributed by atoms with Crippen LogP contribution in [0.15, 0.2) is 0 Å². The zero-order valence-corrected chi connectivity index (χ0v) is 8.62. The summed E-state index contributed by atoms with van der Waals surface area (Å²) in [7, 11) is 1.31. The molecule has 1 rings (SSSR count). The summed E-state index contributed by atoms with van der Waals surface area (Å²) in [5, 5.41) is 0. The van der Waals surface area contributed by atoms with Crippen molar-refractivity contribution < 1.29 is 19.1 Å². The van der Waals surface area contributed by atoms with E-state index in [4.69, 9.17) is 4.74 Å². The van der Waals surface area contributed by atoms with Crippen molar-refractivity contribution >= 4 is 11.8 Å². The van der Waals surface area contributed by atoms with Gasteiger partial charge in [0.1, 0.15) is 5.92 Å². The Bertz CT molecular complexity index is 218. The lowest BCUT2D eigenvalue weighted by Crippen LogP contribution is -2.30. The second-order valence-corrected chi connectivity index (χ2v) is 3.45. The van der Waals surface area contributed by atoms with E-state index in [-0.39, 0.29) is 11.7 Å². The lowest BCUT2D eigenvalue weighted by Gasteiger charge is -2.14. The van der Waals surface area contributed by atoms with Gasteiger partial charge in [0.25, 0.3) is 0 Å². The van der Waals surface area contributed by atoms with Crippen molar-refractivity contribution in [2.75, 3.05) is 20.3 Å². The first kappa shape index (κ1) is 11.2. The van der Waals surface area contributed by atoms with Crippen LogP contribution in [0.3, 0.4) is 0 Å². The molecule has 4 nitrogen and oxygen atoms in total. The molecule has 2 atom stereocenters. The molecule has 0 aromatic rings. The van der Waals surface area contributed by atoms with Crippen LogP contribution in [0.2, 0.25) is 0 Å². The Morgan fingerprint density at radius 2 is 2.29 bits per heavy atom. The van der Waals surface area contributed by atoms with E-state index in [0.717, 1.165) is 6.42 Å². The fraction of sp³-hybridized carbons (Fsp3) is 0.800. The molecule has 2 unspecified atom stereocenters. The maximum atomic E-state index is 11.8. The third kappa shape index (κ3) is 2.32. The van der Waals surface area contributed by atoms with Crippen LogP contribution in [0.1, 0.15) is 19.8 Å². The Morgan fingerprint density at radius 1 is 1.57 bits per heavy atom. The van der Waals surface area contributed by atoms with Crippen LogP contribution in [0.25, 0.3) is 0 Å². The summed E-state index contributed by atoms with van der Waals surface area (Å²) in [5.41, 5.74) is 0. The molecule has 1 fully saturated rings. The maximum absolute atomic E-state index is 11.8.